The Kier molecular flexibility index (Phi) is 4.91. The topological polar surface area (TPSA) is 71.1 Å². The number of ether oxygens (including phenoxy) is 4. The molecule has 0 N–H and O–H groups in total. The van der Waals surface area contributed by atoms with Crippen molar-refractivity contribution in [3.8, 4) is 0 Å². The average molecular weight is 300 g/mol. The Labute approximate surface area is 125 Å². The van der Waals surface area contributed by atoms with Crippen molar-refractivity contribution in [1.29, 1.82) is 0 Å². The smallest absolute Gasteiger partial charge is 0.452 e. The zero-order chi connectivity index (χ0) is 16.3. The van der Waals surface area contributed by atoms with Crippen molar-refractivity contribution >= 4 is 11.9 Å². The quantitative estimate of drug-likeness (QED) is 0.586. The summed E-state index contributed by atoms with van der Waals surface area (Å²) in [4.78, 5) is 24.3. The molecule has 0 amide bonds. The molecule has 1 aliphatic heterocycles. The van der Waals surface area contributed by atoms with Gasteiger partial charge in [-0.1, -0.05) is 41.5 Å². The lowest BCUT2D eigenvalue weighted by molar-refractivity contribution is -0.220. The molecule has 1 heterocycles. The van der Waals surface area contributed by atoms with Crippen molar-refractivity contribution in [2.24, 2.45) is 10.8 Å². The van der Waals surface area contributed by atoms with Crippen LogP contribution in [0.4, 0.5) is 0 Å². The Hall–Kier alpha value is -1.72. The van der Waals surface area contributed by atoms with Crippen molar-refractivity contribution < 1.29 is 28.5 Å². The van der Waals surface area contributed by atoms with Crippen LogP contribution in [0.5, 0.6) is 0 Å². The molecule has 0 aromatic carbocycles. The second-order valence-corrected chi connectivity index (χ2v) is 7.40. The van der Waals surface area contributed by atoms with E-state index in [1.54, 1.807) is 0 Å². The molecule has 0 saturated carbocycles. The first kappa shape index (κ1) is 17.3. The number of esters is 2. The first-order valence-corrected chi connectivity index (χ1v) is 6.81. The first-order valence-electron chi connectivity index (χ1n) is 6.81. The van der Waals surface area contributed by atoms with E-state index in [1.807, 2.05) is 41.5 Å². The van der Waals surface area contributed by atoms with Crippen LogP contribution >= 0.6 is 0 Å². The Morgan fingerprint density at radius 3 is 1.48 bits per heavy atom. The Balaban J connectivity index is 2.74. The molecular formula is C15H24O6. The zero-order valence-corrected chi connectivity index (χ0v) is 13.5. The number of hydrogen-bond acceptors (Lipinski definition) is 6. The van der Waals surface area contributed by atoms with E-state index in [0.29, 0.717) is 0 Å². The van der Waals surface area contributed by atoms with Crippen LogP contribution in [-0.2, 0) is 28.5 Å². The van der Waals surface area contributed by atoms with Crippen LogP contribution in [0.3, 0.4) is 0 Å². The van der Waals surface area contributed by atoms with Crippen molar-refractivity contribution in [3.63, 3.8) is 0 Å². The van der Waals surface area contributed by atoms with Gasteiger partial charge in [0.25, 0.3) is 0 Å². The molecule has 0 unspecified atom stereocenters. The van der Waals surface area contributed by atoms with Crippen LogP contribution in [-0.4, -0.2) is 30.9 Å². The first-order chi connectivity index (χ1) is 9.46. The van der Waals surface area contributed by atoms with Crippen molar-refractivity contribution in [3.05, 3.63) is 12.5 Å². The molecule has 0 radical (unpaired) electrons. The molecule has 120 valence electrons. The molecule has 0 atom stereocenters. The van der Waals surface area contributed by atoms with E-state index in [-0.39, 0.29) is 24.0 Å². The van der Waals surface area contributed by atoms with E-state index >= 15 is 0 Å². The lowest BCUT2D eigenvalue weighted by Crippen LogP contribution is -2.51. The van der Waals surface area contributed by atoms with Crippen LogP contribution < -0.4 is 0 Å². The van der Waals surface area contributed by atoms with Gasteiger partial charge in [-0.15, -0.1) is 0 Å². The van der Waals surface area contributed by atoms with Crippen LogP contribution in [0.2, 0.25) is 0 Å². The predicted molar refractivity (Wildman–Crippen MR) is 74.9 cm³/mol. The number of carbonyl (C=O) groups excluding carboxylic acids is 2. The molecule has 1 aliphatic rings. The van der Waals surface area contributed by atoms with E-state index in [1.165, 1.54) is 0 Å². The van der Waals surface area contributed by atoms with Crippen LogP contribution in [0.1, 0.15) is 41.5 Å². The van der Waals surface area contributed by atoms with Gasteiger partial charge in [0.1, 0.15) is 12.5 Å². The fraction of sp³-hybridized carbons (Fsp3) is 0.733. The molecule has 0 spiro atoms. The van der Waals surface area contributed by atoms with Gasteiger partial charge in [0.2, 0.25) is 0 Å². The van der Waals surface area contributed by atoms with E-state index in [9.17, 15) is 9.59 Å². The highest BCUT2D eigenvalue weighted by Crippen LogP contribution is 2.26. The van der Waals surface area contributed by atoms with Gasteiger partial charge < -0.3 is 18.9 Å². The summed E-state index contributed by atoms with van der Waals surface area (Å²) in [5.41, 5.74) is -0.476. The minimum atomic E-state index is -2.18. The highest BCUT2D eigenvalue weighted by atomic mass is 16.8. The third kappa shape index (κ3) is 4.95. The number of carbonyl (C=O) groups is 2. The maximum absolute atomic E-state index is 12.2. The molecule has 0 saturated heterocycles. The second-order valence-electron chi connectivity index (χ2n) is 7.40. The summed E-state index contributed by atoms with van der Waals surface area (Å²) in [5, 5.41) is 0. The second kappa shape index (κ2) is 5.95. The van der Waals surface area contributed by atoms with Gasteiger partial charge in [-0.25, -0.2) is 9.59 Å². The predicted octanol–water partition coefficient (Wildman–Crippen LogP) is 2.38. The number of rotatable bonds is 4. The SMILES string of the molecule is CC(C)(C)COC(=O)C1(C(=O)OCC(C)(C)C)OC=CO1. The normalized spacial score (nSPS) is 16.9. The summed E-state index contributed by atoms with van der Waals surface area (Å²) < 4.78 is 20.3. The monoisotopic (exact) mass is 300 g/mol. The van der Waals surface area contributed by atoms with Crippen LogP contribution in [0.25, 0.3) is 0 Å². The van der Waals surface area contributed by atoms with Gasteiger partial charge >= 0.3 is 17.7 Å². The maximum Gasteiger partial charge on any atom is 0.452 e. The highest BCUT2D eigenvalue weighted by Gasteiger charge is 2.56. The average Bonchev–Trinajstić information content (AvgIpc) is 2.81. The summed E-state index contributed by atoms with van der Waals surface area (Å²) >= 11 is 0. The Morgan fingerprint density at radius 2 is 1.19 bits per heavy atom. The molecule has 6 heteroatoms. The Morgan fingerprint density at radius 1 is 0.857 bits per heavy atom. The molecule has 0 bridgehead atoms. The van der Waals surface area contributed by atoms with E-state index < -0.39 is 17.7 Å². The molecule has 6 nitrogen and oxygen atoms in total. The van der Waals surface area contributed by atoms with Gasteiger partial charge in [0.05, 0.1) is 13.2 Å². The molecule has 1 rings (SSSR count). The molecule has 0 aromatic rings. The zero-order valence-electron chi connectivity index (χ0n) is 13.5. The van der Waals surface area contributed by atoms with E-state index in [0.717, 1.165) is 12.5 Å². The summed E-state index contributed by atoms with van der Waals surface area (Å²) in [6.07, 6.45) is 2.24. The van der Waals surface area contributed by atoms with Crippen molar-refractivity contribution in [1.82, 2.24) is 0 Å². The third-order valence-electron chi connectivity index (χ3n) is 2.33. The fourth-order valence-corrected chi connectivity index (χ4v) is 1.30. The van der Waals surface area contributed by atoms with Crippen LogP contribution in [0.15, 0.2) is 12.5 Å². The van der Waals surface area contributed by atoms with Gasteiger partial charge in [-0.05, 0) is 10.8 Å². The van der Waals surface area contributed by atoms with Crippen LogP contribution in [0, 0.1) is 10.8 Å². The van der Waals surface area contributed by atoms with Gasteiger partial charge in [0.15, 0.2) is 0 Å². The molecule has 0 aliphatic carbocycles. The van der Waals surface area contributed by atoms with Gasteiger partial charge in [0, 0.05) is 0 Å². The fourth-order valence-electron chi connectivity index (χ4n) is 1.30. The minimum absolute atomic E-state index is 0.132. The lowest BCUT2D eigenvalue weighted by Gasteiger charge is -2.27. The summed E-state index contributed by atoms with van der Waals surface area (Å²) in [7, 11) is 0. The number of hydrogen-bond donors (Lipinski definition) is 0. The van der Waals surface area contributed by atoms with E-state index in [2.05, 4.69) is 0 Å². The standard InChI is InChI=1S/C15H24O6/c1-13(2,3)9-18-11(16)15(20-7-8-21-15)12(17)19-10-14(4,5)6/h7-8H,9-10H2,1-6H3. The third-order valence-corrected chi connectivity index (χ3v) is 2.33. The Bertz CT molecular complexity index is 384. The highest BCUT2D eigenvalue weighted by molar-refractivity contribution is 6.02. The lowest BCUT2D eigenvalue weighted by atomic mass is 9.98. The summed E-state index contributed by atoms with van der Waals surface area (Å²) in [6.45, 7) is 11.7. The molecule has 0 aromatic heterocycles. The molecule has 21 heavy (non-hydrogen) atoms. The van der Waals surface area contributed by atoms with Gasteiger partial charge in [-0.2, -0.15) is 0 Å². The molecule has 0 fully saturated rings. The van der Waals surface area contributed by atoms with E-state index in [4.69, 9.17) is 18.9 Å². The van der Waals surface area contributed by atoms with Crippen molar-refractivity contribution in [2.45, 2.75) is 47.3 Å². The maximum atomic E-state index is 12.2. The molecular weight excluding hydrogens is 276 g/mol. The summed E-state index contributed by atoms with van der Waals surface area (Å²) in [6, 6.07) is 0. The van der Waals surface area contributed by atoms with Crippen molar-refractivity contribution in [2.75, 3.05) is 13.2 Å². The summed E-state index contributed by atoms with van der Waals surface area (Å²) in [5.74, 6) is -4.01. The van der Waals surface area contributed by atoms with Gasteiger partial charge in [-0.3, -0.25) is 0 Å². The minimum Gasteiger partial charge on any atom is -0.459 e. The largest absolute Gasteiger partial charge is 0.459 e.